The number of hydrogen-bond acceptors (Lipinski definition) is 3. The van der Waals surface area contributed by atoms with E-state index in [9.17, 15) is 14.4 Å². The maximum Gasteiger partial charge on any atom is 0.325 e. The summed E-state index contributed by atoms with van der Waals surface area (Å²) in [6, 6.07) is 32.6. The summed E-state index contributed by atoms with van der Waals surface area (Å²) in [6.07, 6.45) is 0.674. The van der Waals surface area contributed by atoms with Crippen LogP contribution in [0.4, 0.5) is 4.79 Å². The van der Waals surface area contributed by atoms with Gasteiger partial charge in [-0.15, -0.1) is 0 Å². The first-order chi connectivity index (χ1) is 18.0. The number of rotatable bonds is 8. The second-order valence-electron chi connectivity index (χ2n) is 9.51. The number of benzene rings is 4. The van der Waals surface area contributed by atoms with Crippen molar-refractivity contribution in [1.29, 1.82) is 0 Å². The third-order valence-electron chi connectivity index (χ3n) is 6.98. The number of carbonyl (C=O) groups excluding carboxylic acids is 3. The van der Waals surface area contributed by atoms with Gasteiger partial charge >= 0.3 is 6.03 Å². The van der Waals surface area contributed by atoms with E-state index in [1.54, 1.807) is 11.8 Å². The number of hydrogen-bond donors (Lipinski definition) is 1. The molecule has 4 aromatic carbocycles. The van der Waals surface area contributed by atoms with E-state index in [0.717, 1.165) is 26.8 Å². The van der Waals surface area contributed by atoms with Crippen molar-refractivity contribution in [1.82, 2.24) is 15.1 Å². The first kappa shape index (κ1) is 24.3. The molecular weight excluding hydrogens is 462 g/mol. The Bertz CT molecular complexity index is 1430. The van der Waals surface area contributed by atoms with E-state index in [2.05, 4.69) is 5.32 Å². The maximum absolute atomic E-state index is 13.6. The van der Waals surface area contributed by atoms with Gasteiger partial charge in [-0.1, -0.05) is 103 Å². The number of amides is 4. The summed E-state index contributed by atoms with van der Waals surface area (Å²) < 4.78 is 0. The Kier molecular flexibility index (Phi) is 6.73. The molecule has 6 nitrogen and oxygen atoms in total. The fraction of sp³-hybridized carbons (Fsp3) is 0.194. The SMILES string of the molecule is C[C@]1(c2cccc3ccccc23)NC(=O)N(CC(=O)N(CCc2ccccc2)Cc2ccccc2)C1=O. The van der Waals surface area contributed by atoms with Crippen molar-refractivity contribution < 1.29 is 14.4 Å². The Balaban J connectivity index is 1.37. The largest absolute Gasteiger partial charge is 0.336 e. The van der Waals surface area contributed by atoms with Gasteiger partial charge in [0.05, 0.1) is 0 Å². The molecule has 1 heterocycles. The van der Waals surface area contributed by atoms with Gasteiger partial charge in [0, 0.05) is 13.1 Å². The predicted octanol–water partition coefficient (Wildman–Crippen LogP) is 4.88. The predicted molar refractivity (Wildman–Crippen MR) is 144 cm³/mol. The average molecular weight is 492 g/mol. The highest BCUT2D eigenvalue weighted by molar-refractivity contribution is 6.10. The molecule has 0 aromatic heterocycles. The molecule has 1 aliphatic rings. The van der Waals surface area contributed by atoms with E-state index < -0.39 is 17.5 Å². The molecule has 1 atom stereocenters. The van der Waals surface area contributed by atoms with Crippen LogP contribution in [0.5, 0.6) is 0 Å². The molecule has 0 aliphatic carbocycles. The van der Waals surface area contributed by atoms with Crippen molar-refractivity contribution >= 4 is 28.6 Å². The summed E-state index contributed by atoms with van der Waals surface area (Å²) in [5.41, 5.74) is 1.56. The summed E-state index contributed by atoms with van der Waals surface area (Å²) in [6.45, 7) is 2.27. The number of fused-ring (bicyclic) bond motifs is 1. The second kappa shape index (κ2) is 10.3. The third-order valence-corrected chi connectivity index (χ3v) is 6.98. The molecule has 4 aromatic rings. The molecule has 1 N–H and O–H groups in total. The Labute approximate surface area is 216 Å². The third kappa shape index (κ3) is 4.96. The van der Waals surface area contributed by atoms with Gasteiger partial charge in [-0.2, -0.15) is 0 Å². The van der Waals surface area contributed by atoms with Crippen molar-refractivity contribution in [3.05, 3.63) is 120 Å². The van der Waals surface area contributed by atoms with Crippen molar-refractivity contribution in [2.24, 2.45) is 0 Å². The molecule has 6 heteroatoms. The van der Waals surface area contributed by atoms with Crippen molar-refractivity contribution in [3.8, 4) is 0 Å². The second-order valence-corrected chi connectivity index (χ2v) is 9.51. The lowest BCUT2D eigenvalue weighted by Gasteiger charge is -2.26. The molecule has 0 unspecified atom stereocenters. The van der Waals surface area contributed by atoms with Gasteiger partial charge < -0.3 is 10.2 Å². The monoisotopic (exact) mass is 491 g/mol. The summed E-state index contributed by atoms with van der Waals surface area (Å²) in [4.78, 5) is 43.0. The molecule has 186 valence electrons. The molecule has 1 fully saturated rings. The van der Waals surface area contributed by atoms with Crippen LogP contribution in [0.1, 0.15) is 23.6 Å². The fourth-order valence-corrected chi connectivity index (χ4v) is 4.92. The molecular formula is C31H29N3O3. The smallest absolute Gasteiger partial charge is 0.325 e. The molecule has 0 spiro atoms. The van der Waals surface area contributed by atoms with Crippen LogP contribution in [0.15, 0.2) is 103 Å². The number of imide groups is 1. The normalized spacial score (nSPS) is 17.2. The highest BCUT2D eigenvalue weighted by atomic mass is 16.2. The van der Waals surface area contributed by atoms with E-state index in [1.807, 2.05) is 103 Å². The minimum Gasteiger partial charge on any atom is -0.336 e. The zero-order valence-electron chi connectivity index (χ0n) is 20.8. The molecule has 0 bridgehead atoms. The van der Waals surface area contributed by atoms with Crippen molar-refractivity contribution in [2.45, 2.75) is 25.4 Å². The quantitative estimate of drug-likeness (QED) is 0.357. The highest BCUT2D eigenvalue weighted by Crippen LogP contribution is 2.33. The Morgan fingerprint density at radius 3 is 2.16 bits per heavy atom. The topological polar surface area (TPSA) is 69.7 Å². The first-order valence-corrected chi connectivity index (χ1v) is 12.4. The summed E-state index contributed by atoms with van der Waals surface area (Å²) >= 11 is 0. The van der Waals surface area contributed by atoms with Crippen LogP contribution in [0.2, 0.25) is 0 Å². The van der Waals surface area contributed by atoms with E-state index in [4.69, 9.17) is 0 Å². The van der Waals surface area contributed by atoms with Gasteiger partial charge in [-0.3, -0.25) is 14.5 Å². The number of nitrogens with zero attached hydrogens (tertiary/aromatic N) is 2. The molecule has 5 rings (SSSR count). The standard InChI is InChI=1S/C31H29N3O3/c1-31(27-18-10-16-25-15-8-9-17-26(25)27)29(36)34(30(37)32-31)22-28(35)33(21-24-13-6-3-7-14-24)20-19-23-11-4-2-5-12-23/h2-18H,19-22H2,1H3,(H,32,37)/t31-/m1/s1. The number of carbonyl (C=O) groups is 3. The van der Waals surface area contributed by atoms with Crippen molar-refractivity contribution in [3.63, 3.8) is 0 Å². The lowest BCUT2D eigenvalue weighted by molar-refractivity contribution is -0.139. The summed E-state index contributed by atoms with van der Waals surface area (Å²) in [5, 5.41) is 4.73. The van der Waals surface area contributed by atoms with Gasteiger partial charge in [-0.25, -0.2) is 4.79 Å². The van der Waals surface area contributed by atoms with Crippen LogP contribution in [-0.4, -0.2) is 40.7 Å². The number of urea groups is 1. The van der Waals surface area contributed by atoms with E-state index >= 15 is 0 Å². The van der Waals surface area contributed by atoms with Gasteiger partial charge in [0.25, 0.3) is 5.91 Å². The molecule has 0 saturated carbocycles. The minimum atomic E-state index is -1.26. The lowest BCUT2D eigenvalue weighted by atomic mass is 9.88. The molecule has 37 heavy (non-hydrogen) atoms. The molecule has 1 saturated heterocycles. The van der Waals surface area contributed by atoms with Crippen LogP contribution < -0.4 is 5.32 Å². The van der Waals surface area contributed by atoms with Crippen LogP contribution >= 0.6 is 0 Å². The molecule has 1 aliphatic heterocycles. The van der Waals surface area contributed by atoms with Gasteiger partial charge in [0.15, 0.2) is 0 Å². The first-order valence-electron chi connectivity index (χ1n) is 12.4. The van der Waals surface area contributed by atoms with Crippen LogP contribution in [0.3, 0.4) is 0 Å². The number of nitrogens with one attached hydrogen (secondary N) is 1. The Morgan fingerprint density at radius 1 is 0.811 bits per heavy atom. The zero-order valence-corrected chi connectivity index (χ0v) is 20.8. The highest BCUT2D eigenvalue weighted by Gasteiger charge is 2.50. The fourth-order valence-electron chi connectivity index (χ4n) is 4.92. The van der Waals surface area contributed by atoms with Gasteiger partial charge in [0.2, 0.25) is 5.91 Å². The van der Waals surface area contributed by atoms with E-state index in [0.29, 0.717) is 25.1 Å². The van der Waals surface area contributed by atoms with Crippen LogP contribution in [-0.2, 0) is 28.1 Å². The van der Waals surface area contributed by atoms with Gasteiger partial charge in [-0.05, 0) is 40.8 Å². The van der Waals surface area contributed by atoms with Crippen molar-refractivity contribution in [2.75, 3.05) is 13.1 Å². The Morgan fingerprint density at radius 2 is 1.43 bits per heavy atom. The summed E-state index contributed by atoms with van der Waals surface area (Å²) in [7, 11) is 0. The minimum absolute atomic E-state index is 0.273. The zero-order chi connectivity index (χ0) is 25.8. The molecule has 4 amide bonds. The lowest BCUT2D eigenvalue weighted by Crippen LogP contribution is -2.45. The maximum atomic E-state index is 13.6. The van der Waals surface area contributed by atoms with Crippen LogP contribution in [0.25, 0.3) is 10.8 Å². The average Bonchev–Trinajstić information content (AvgIpc) is 3.15. The van der Waals surface area contributed by atoms with E-state index in [1.165, 1.54) is 0 Å². The van der Waals surface area contributed by atoms with Gasteiger partial charge in [0.1, 0.15) is 12.1 Å². The molecule has 0 radical (unpaired) electrons. The van der Waals surface area contributed by atoms with E-state index in [-0.39, 0.29) is 12.5 Å². The summed E-state index contributed by atoms with van der Waals surface area (Å²) in [5.74, 6) is -0.699. The Hall–Kier alpha value is -4.45. The van der Waals surface area contributed by atoms with Crippen LogP contribution in [0, 0.1) is 0 Å².